The third-order valence-electron chi connectivity index (χ3n) is 1.82. The molecule has 0 spiro atoms. The largest absolute Gasteiger partial charge is 0.538 e. The Bertz CT molecular complexity index is 432. The van der Waals surface area contributed by atoms with Crippen molar-refractivity contribution in [2.24, 2.45) is 0 Å². The van der Waals surface area contributed by atoms with Crippen LogP contribution in [-0.2, 0) is 4.43 Å². The Labute approximate surface area is 100 Å². The monoisotopic (exact) mass is 256 g/mol. The van der Waals surface area contributed by atoms with Gasteiger partial charge in [0.25, 0.3) is 0 Å². The van der Waals surface area contributed by atoms with E-state index in [1.54, 1.807) is 37.8 Å². The molecule has 2 nitrogen and oxygen atoms in total. The molecule has 0 aliphatic heterocycles. The van der Waals surface area contributed by atoms with Crippen molar-refractivity contribution in [2.45, 2.75) is 19.6 Å². The van der Waals surface area contributed by atoms with Crippen LogP contribution in [0.1, 0.15) is 10.4 Å². The SMILES string of the molecule is C[Si](C)(C)OC(C(=O)c1ccccc1)=C(F)F. The molecule has 1 rings (SSSR count). The van der Waals surface area contributed by atoms with Gasteiger partial charge < -0.3 is 4.43 Å². The van der Waals surface area contributed by atoms with E-state index in [-0.39, 0.29) is 5.56 Å². The van der Waals surface area contributed by atoms with E-state index >= 15 is 0 Å². The molecule has 0 atom stereocenters. The predicted octanol–water partition coefficient (Wildman–Crippen LogP) is 3.83. The molecule has 0 saturated heterocycles. The van der Waals surface area contributed by atoms with Gasteiger partial charge in [-0.2, -0.15) is 8.78 Å². The first-order valence-corrected chi connectivity index (χ1v) is 8.56. The Morgan fingerprint density at radius 3 is 2.06 bits per heavy atom. The summed E-state index contributed by atoms with van der Waals surface area (Å²) in [6.07, 6.45) is -2.07. The molecular formula is C12H14F2O2Si. The first-order chi connectivity index (χ1) is 7.81. The Morgan fingerprint density at radius 1 is 1.12 bits per heavy atom. The maximum atomic E-state index is 12.7. The van der Waals surface area contributed by atoms with Crippen LogP contribution < -0.4 is 0 Å². The minimum absolute atomic E-state index is 0.202. The molecule has 5 heteroatoms. The van der Waals surface area contributed by atoms with Gasteiger partial charge in [0.1, 0.15) is 0 Å². The van der Waals surface area contributed by atoms with Crippen molar-refractivity contribution < 1.29 is 18.0 Å². The van der Waals surface area contributed by atoms with Crippen LogP contribution in [0.2, 0.25) is 19.6 Å². The molecule has 0 N–H and O–H groups in total. The predicted molar refractivity (Wildman–Crippen MR) is 64.4 cm³/mol. The molecule has 0 aliphatic carbocycles. The second kappa shape index (κ2) is 5.22. The van der Waals surface area contributed by atoms with Crippen LogP contribution in [-0.4, -0.2) is 14.1 Å². The van der Waals surface area contributed by atoms with Gasteiger partial charge in [-0.05, 0) is 19.6 Å². The molecule has 0 heterocycles. The molecule has 1 aromatic rings. The Hall–Kier alpha value is -1.49. The highest BCUT2D eigenvalue weighted by Crippen LogP contribution is 2.20. The lowest BCUT2D eigenvalue weighted by Gasteiger charge is -2.20. The molecule has 0 fully saturated rings. The van der Waals surface area contributed by atoms with E-state index in [9.17, 15) is 13.6 Å². The molecule has 0 aliphatic rings. The summed E-state index contributed by atoms with van der Waals surface area (Å²) in [5.41, 5.74) is 0.202. The third-order valence-corrected chi connectivity index (χ3v) is 2.64. The summed E-state index contributed by atoms with van der Waals surface area (Å²) < 4.78 is 30.6. The molecule has 0 radical (unpaired) electrons. The smallest absolute Gasteiger partial charge is 0.314 e. The number of halogens is 2. The highest BCUT2D eigenvalue weighted by molar-refractivity contribution is 6.70. The number of hydrogen-bond acceptors (Lipinski definition) is 2. The van der Waals surface area contributed by atoms with E-state index < -0.39 is 25.9 Å². The van der Waals surface area contributed by atoms with Crippen LogP contribution in [0.3, 0.4) is 0 Å². The number of Topliss-reactive ketones (excluding diaryl/α,β-unsaturated/α-hetero) is 1. The zero-order valence-electron chi connectivity index (χ0n) is 9.96. The van der Waals surface area contributed by atoms with Gasteiger partial charge >= 0.3 is 6.08 Å². The van der Waals surface area contributed by atoms with Gasteiger partial charge in [-0.1, -0.05) is 30.3 Å². The van der Waals surface area contributed by atoms with Crippen LogP contribution >= 0.6 is 0 Å². The summed E-state index contributed by atoms with van der Waals surface area (Å²) in [5.74, 6) is -1.59. The fourth-order valence-corrected chi connectivity index (χ4v) is 1.98. The average Bonchev–Trinajstić information content (AvgIpc) is 2.25. The average molecular weight is 256 g/mol. The number of rotatable bonds is 4. The number of benzene rings is 1. The van der Waals surface area contributed by atoms with E-state index in [0.29, 0.717) is 0 Å². The van der Waals surface area contributed by atoms with Crippen molar-refractivity contribution in [3.63, 3.8) is 0 Å². The molecule has 0 aromatic heterocycles. The van der Waals surface area contributed by atoms with Gasteiger partial charge in [-0.3, -0.25) is 4.79 Å². The van der Waals surface area contributed by atoms with Crippen molar-refractivity contribution >= 4 is 14.1 Å². The summed E-state index contributed by atoms with van der Waals surface area (Å²) >= 11 is 0. The lowest BCUT2D eigenvalue weighted by Crippen LogP contribution is -2.27. The van der Waals surface area contributed by atoms with Crippen LogP contribution in [0.15, 0.2) is 42.2 Å². The topological polar surface area (TPSA) is 26.3 Å². The second-order valence-electron chi connectivity index (χ2n) is 4.50. The maximum absolute atomic E-state index is 12.7. The molecule has 0 unspecified atom stereocenters. The van der Waals surface area contributed by atoms with E-state index in [1.165, 1.54) is 12.1 Å². The zero-order chi connectivity index (χ0) is 13.1. The van der Waals surface area contributed by atoms with Crippen molar-refractivity contribution in [3.05, 3.63) is 47.7 Å². The molecule has 92 valence electrons. The minimum Gasteiger partial charge on any atom is -0.538 e. The van der Waals surface area contributed by atoms with Gasteiger partial charge in [0.05, 0.1) is 0 Å². The third kappa shape index (κ3) is 4.11. The fourth-order valence-electron chi connectivity index (χ4n) is 1.20. The first kappa shape index (κ1) is 13.6. The van der Waals surface area contributed by atoms with Crippen LogP contribution in [0.25, 0.3) is 0 Å². The first-order valence-electron chi connectivity index (χ1n) is 5.15. The summed E-state index contributed by atoms with van der Waals surface area (Å²) in [7, 11) is -2.24. The van der Waals surface area contributed by atoms with E-state index in [0.717, 1.165) is 0 Å². The molecule has 17 heavy (non-hydrogen) atoms. The number of allylic oxidation sites excluding steroid dienone is 1. The second-order valence-corrected chi connectivity index (χ2v) is 8.93. The van der Waals surface area contributed by atoms with Crippen molar-refractivity contribution in [2.75, 3.05) is 0 Å². The normalized spacial score (nSPS) is 10.9. The van der Waals surface area contributed by atoms with Gasteiger partial charge in [0.2, 0.25) is 19.9 Å². The fraction of sp³-hybridized carbons (Fsp3) is 0.250. The molecule has 0 saturated carbocycles. The van der Waals surface area contributed by atoms with Crippen LogP contribution in [0, 0.1) is 0 Å². The van der Waals surface area contributed by atoms with E-state index in [1.807, 2.05) is 0 Å². The quantitative estimate of drug-likeness (QED) is 0.354. The van der Waals surface area contributed by atoms with Gasteiger partial charge in [-0.15, -0.1) is 0 Å². The molecule has 0 bridgehead atoms. The Morgan fingerprint density at radius 2 is 1.65 bits per heavy atom. The maximum Gasteiger partial charge on any atom is 0.314 e. The highest BCUT2D eigenvalue weighted by Gasteiger charge is 2.26. The number of hydrogen-bond donors (Lipinski definition) is 0. The minimum atomic E-state index is -2.24. The van der Waals surface area contributed by atoms with Crippen molar-refractivity contribution in [1.82, 2.24) is 0 Å². The number of ketones is 1. The van der Waals surface area contributed by atoms with Crippen LogP contribution in [0.4, 0.5) is 8.78 Å². The standard InChI is InChI=1S/C12H14F2O2Si/c1-17(2,3)16-11(12(13)14)10(15)9-7-5-4-6-8-9/h4-8H,1-3H3. The lowest BCUT2D eigenvalue weighted by atomic mass is 10.1. The summed E-state index contributed by atoms with van der Waals surface area (Å²) in [6.45, 7) is 5.23. The van der Waals surface area contributed by atoms with Crippen molar-refractivity contribution in [1.29, 1.82) is 0 Å². The van der Waals surface area contributed by atoms with Crippen LogP contribution in [0.5, 0.6) is 0 Å². The summed E-state index contributed by atoms with van der Waals surface area (Å²) in [5, 5.41) is 0. The summed E-state index contributed by atoms with van der Waals surface area (Å²) in [4.78, 5) is 11.8. The lowest BCUT2D eigenvalue weighted by molar-refractivity contribution is 0.0968. The number of carbonyl (C=O) groups excluding carboxylic acids is 1. The van der Waals surface area contributed by atoms with E-state index in [2.05, 4.69) is 0 Å². The number of carbonyl (C=O) groups is 1. The van der Waals surface area contributed by atoms with E-state index in [4.69, 9.17) is 4.43 Å². The van der Waals surface area contributed by atoms with Crippen molar-refractivity contribution in [3.8, 4) is 0 Å². The molecular weight excluding hydrogens is 242 g/mol. The molecule has 0 amide bonds. The zero-order valence-corrected chi connectivity index (χ0v) is 11.0. The Kier molecular flexibility index (Phi) is 4.17. The molecule has 1 aromatic carbocycles. The van der Waals surface area contributed by atoms with Gasteiger partial charge in [0.15, 0.2) is 0 Å². The van der Waals surface area contributed by atoms with Gasteiger partial charge in [-0.25, -0.2) is 0 Å². The highest BCUT2D eigenvalue weighted by atomic mass is 28.4. The Balaban J connectivity index is 3.03. The summed E-state index contributed by atoms with van der Waals surface area (Å²) in [6, 6.07) is 7.92. The van der Waals surface area contributed by atoms with Gasteiger partial charge in [0, 0.05) is 5.56 Å².